The van der Waals surface area contributed by atoms with Crippen molar-refractivity contribution in [3.05, 3.63) is 52.6 Å². The first-order chi connectivity index (χ1) is 15.7. The van der Waals surface area contributed by atoms with Crippen LogP contribution in [0.25, 0.3) is 22.2 Å². The minimum Gasteiger partial charge on any atom is -0.496 e. The lowest BCUT2D eigenvalue weighted by Gasteiger charge is -2.22. The Morgan fingerprint density at radius 3 is 2.58 bits per heavy atom. The molecule has 9 nitrogen and oxygen atoms in total. The number of halogens is 1. The van der Waals surface area contributed by atoms with Crippen LogP contribution in [-0.4, -0.2) is 43.2 Å². The molecule has 0 spiro atoms. The van der Waals surface area contributed by atoms with Gasteiger partial charge in [-0.25, -0.2) is 19.6 Å². The molecule has 4 N–H and O–H groups in total. The third-order valence-electron chi connectivity index (χ3n) is 5.63. The molecule has 3 aromatic heterocycles. The molecule has 3 heterocycles. The predicted molar refractivity (Wildman–Crippen MR) is 130 cm³/mol. The highest BCUT2D eigenvalue weighted by Crippen LogP contribution is 2.43. The molecular formula is C23H26ClN7O2. The second kappa shape index (κ2) is 8.84. The maximum Gasteiger partial charge on any atom is 0.164 e. The highest BCUT2D eigenvalue weighted by Gasteiger charge is 2.25. The van der Waals surface area contributed by atoms with Crippen LogP contribution in [0.2, 0.25) is 5.02 Å². The van der Waals surface area contributed by atoms with E-state index >= 15 is 0 Å². The first-order valence-corrected chi connectivity index (χ1v) is 10.8. The van der Waals surface area contributed by atoms with Crippen LogP contribution < -0.4 is 15.8 Å². The number of nitrogens with two attached hydrogens (primary N) is 1. The van der Waals surface area contributed by atoms with E-state index in [-0.39, 0.29) is 6.04 Å². The fourth-order valence-electron chi connectivity index (χ4n) is 4.03. The average molecular weight is 468 g/mol. The number of nitrogens with zero attached hydrogens (tertiary/aromatic N) is 5. The van der Waals surface area contributed by atoms with Crippen LogP contribution in [0.15, 0.2) is 30.7 Å². The molecule has 0 radical (unpaired) electrons. The van der Waals surface area contributed by atoms with Gasteiger partial charge >= 0.3 is 0 Å². The summed E-state index contributed by atoms with van der Waals surface area (Å²) < 4.78 is 7.72. The zero-order valence-electron chi connectivity index (χ0n) is 19.1. The number of benzene rings is 1. The highest BCUT2D eigenvalue weighted by molar-refractivity contribution is 6.32. The maximum atomic E-state index is 9.54. The Morgan fingerprint density at radius 2 is 1.94 bits per heavy atom. The smallest absolute Gasteiger partial charge is 0.164 e. The summed E-state index contributed by atoms with van der Waals surface area (Å²) in [6.07, 6.45) is 2.45. The number of anilines is 2. The lowest BCUT2D eigenvalue weighted by molar-refractivity contribution is 0.224. The Balaban J connectivity index is 1.87. The van der Waals surface area contributed by atoms with Gasteiger partial charge in [-0.1, -0.05) is 11.6 Å². The van der Waals surface area contributed by atoms with Crippen LogP contribution >= 0.6 is 11.6 Å². The van der Waals surface area contributed by atoms with E-state index in [2.05, 4.69) is 25.4 Å². The molecule has 172 valence electrons. The first-order valence-electron chi connectivity index (χ1n) is 10.5. The van der Waals surface area contributed by atoms with Crippen molar-refractivity contribution in [2.45, 2.75) is 40.0 Å². The number of aliphatic hydroxyl groups is 1. The van der Waals surface area contributed by atoms with E-state index in [1.807, 2.05) is 37.6 Å². The molecule has 0 fully saturated rings. The second-order valence-corrected chi connectivity index (χ2v) is 8.30. The number of rotatable bonds is 6. The van der Waals surface area contributed by atoms with Crippen molar-refractivity contribution in [1.82, 2.24) is 24.7 Å². The van der Waals surface area contributed by atoms with E-state index in [1.165, 1.54) is 6.33 Å². The number of aliphatic hydroxyl groups excluding tert-OH is 1. The van der Waals surface area contributed by atoms with Gasteiger partial charge in [0.2, 0.25) is 0 Å². The number of hydrogen-bond donors (Lipinski definition) is 3. The van der Waals surface area contributed by atoms with E-state index < -0.39 is 6.23 Å². The van der Waals surface area contributed by atoms with Gasteiger partial charge < -0.3 is 20.9 Å². The largest absolute Gasteiger partial charge is 0.496 e. The molecule has 0 saturated heterocycles. The van der Waals surface area contributed by atoms with Crippen molar-refractivity contribution >= 4 is 34.3 Å². The molecule has 4 rings (SSSR count). The summed E-state index contributed by atoms with van der Waals surface area (Å²) >= 11 is 6.68. The van der Waals surface area contributed by atoms with Gasteiger partial charge in [0.15, 0.2) is 5.65 Å². The fourth-order valence-corrected chi connectivity index (χ4v) is 4.25. The average Bonchev–Trinajstić information content (AvgIpc) is 3.12. The van der Waals surface area contributed by atoms with Crippen LogP contribution in [0.4, 0.5) is 11.6 Å². The van der Waals surface area contributed by atoms with E-state index in [9.17, 15) is 5.11 Å². The third-order valence-corrected chi connectivity index (χ3v) is 6.02. The number of ether oxygens (including phenoxy) is 1. The SMILES string of the molecule is COc1c(C(C)n2nc(C)c3c(N)ncnc32)cc(Cl)c(C)c1-c1ccc(NC(C)O)nc1. The van der Waals surface area contributed by atoms with Gasteiger partial charge in [0.25, 0.3) is 0 Å². The number of methoxy groups -OCH3 is 1. The van der Waals surface area contributed by atoms with Crippen LogP contribution in [-0.2, 0) is 0 Å². The number of aromatic nitrogens is 5. The molecule has 0 bridgehead atoms. The van der Waals surface area contributed by atoms with Gasteiger partial charge in [-0.15, -0.1) is 0 Å². The summed E-state index contributed by atoms with van der Waals surface area (Å²) in [5.41, 5.74) is 10.9. The van der Waals surface area contributed by atoms with Gasteiger partial charge in [-0.3, -0.25) is 0 Å². The highest BCUT2D eigenvalue weighted by atomic mass is 35.5. The monoisotopic (exact) mass is 467 g/mol. The third kappa shape index (κ3) is 4.05. The number of fused-ring (bicyclic) bond motifs is 1. The van der Waals surface area contributed by atoms with Gasteiger partial charge in [-0.2, -0.15) is 5.10 Å². The zero-order valence-corrected chi connectivity index (χ0v) is 19.8. The fraction of sp³-hybridized carbons (Fsp3) is 0.304. The molecule has 0 aliphatic heterocycles. The molecule has 10 heteroatoms. The summed E-state index contributed by atoms with van der Waals surface area (Å²) in [5.74, 6) is 1.63. The number of nitrogen functional groups attached to an aromatic ring is 1. The molecule has 0 saturated carbocycles. The molecular weight excluding hydrogens is 442 g/mol. The molecule has 0 aliphatic rings. The maximum absolute atomic E-state index is 9.54. The van der Waals surface area contributed by atoms with Crippen LogP contribution in [0, 0.1) is 13.8 Å². The van der Waals surface area contributed by atoms with Crippen LogP contribution in [0.3, 0.4) is 0 Å². The van der Waals surface area contributed by atoms with Crippen molar-refractivity contribution in [1.29, 1.82) is 0 Å². The molecule has 1 aromatic carbocycles. The predicted octanol–water partition coefficient (Wildman–Crippen LogP) is 4.11. The normalized spacial score (nSPS) is 13.2. The summed E-state index contributed by atoms with van der Waals surface area (Å²) in [6, 6.07) is 5.35. The van der Waals surface area contributed by atoms with Crippen molar-refractivity contribution in [3.8, 4) is 16.9 Å². The van der Waals surface area contributed by atoms with Gasteiger partial charge in [0.05, 0.1) is 24.2 Å². The number of hydrogen-bond acceptors (Lipinski definition) is 8. The van der Waals surface area contributed by atoms with Crippen molar-refractivity contribution in [3.63, 3.8) is 0 Å². The Hall–Kier alpha value is -3.43. The van der Waals surface area contributed by atoms with E-state index in [0.29, 0.717) is 28.1 Å². The lowest BCUT2D eigenvalue weighted by atomic mass is 9.94. The van der Waals surface area contributed by atoms with Gasteiger partial charge in [-0.05, 0) is 51.5 Å². The van der Waals surface area contributed by atoms with Gasteiger partial charge in [0.1, 0.15) is 29.9 Å². The summed E-state index contributed by atoms with van der Waals surface area (Å²) in [4.78, 5) is 12.9. The first kappa shape index (κ1) is 22.8. The Bertz CT molecular complexity index is 1320. The van der Waals surface area contributed by atoms with E-state index in [4.69, 9.17) is 22.1 Å². The van der Waals surface area contributed by atoms with Gasteiger partial charge in [0, 0.05) is 27.9 Å². The van der Waals surface area contributed by atoms with Crippen molar-refractivity contribution in [2.75, 3.05) is 18.2 Å². The minimum absolute atomic E-state index is 0.258. The molecule has 4 aromatic rings. The summed E-state index contributed by atoms with van der Waals surface area (Å²) in [6.45, 7) is 7.46. The van der Waals surface area contributed by atoms with E-state index in [1.54, 1.807) is 26.3 Å². The van der Waals surface area contributed by atoms with Crippen LogP contribution in [0.1, 0.15) is 36.7 Å². The summed E-state index contributed by atoms with van der Waals surface area (Å²) in [7, 11) is 1.63. The Labute approximate surface area is 196 Å². The molecule has 2 atom stereocenters. The van der Waals surface area contributed by atoms with Crippen molar-refractivity contribution in [2.24, 2.45) is 0 Å². The zero-order chi connectivity index (χ0) is 23.9. The van der Waals surface area contributed by atoms with Crippen molar-refractivity contribution < 1.29 is 9.84 Å². The second-order valence-electron chi connectivity index (χ2n) is 7.90. The quantitative estimate of drug-likeness (QED) is 0.362. The standard InChI is InChI=1S/C23H26ClN7O2/c1-11-17(24)8-16(13(3)31-23-20(12(2)30-31)22(25)27-10-28-23)21(33-5)19(11)15-6-7-18(26-9-15)29-14(4)32/h6-10,13-14,32H,1-5H3,(H,26,29)(H2,25,27,28). The topological polar surface area (TPSA) is 124 Å². The molecule has 0 aliphatic carbocycles. The lowest BCUT2D eigenvalue weighted by Crippen LogP contribution is -2.14. The molecule has 2 unspecified atom stereocenters. The number of aryl methyl sites for hydroxylation is 1. The molecule has 33 heavy (non-hydrogen) atoms. The Kier molecular flexibility index (Phi) is 6.09. The number of pyridine rings is 1. The summed E-state index contributed by atoms with van der Waals surface area (Å²) in [5, 5.41) is 18.4. The van der Waals surface area contributed by atoms with Crippen LogP contribution in [0.5, 0.6) is 5.75 Å². The minimum atomic E-state index is -0.705. The Morgan fingerprint density at radius 1 is 1.18 bits per heavy atom. The molecule has 0 amide bonds. The van der Waals surface area contributed by atoms with E-state index in [0.717, 1.165) is 33.3 Å². The number of nitrogens with one attached hydrogen (secondary N) is 1.